The number of benzene rings is 1. The molecule has 1 aromatic carbocycles. The van der Waals surface area contributed by atoms with E-state index < -0.39 is 5.97 Å². The molecule has 0 saturated carbocycles. The van der Waals surface area contributed by atoms with Crippen LogP contribution in [0, 0.1) is 5.92 Å². The number of piperidine rings is 1. The van der Waals surface area contributed by atoms with Crippen LogP contribution in [0.5, 0.6) is 0 Å². The van der Waals surface area contributed by atoms with Gasteiger partial charge in [0.25, 0.3) is 5.91 Å². The Morgan fingerprint density at radius 2 is 1.96 bits per heavy atom. The molecule has 1 fully saturated rings. The number of fused-ring (bicyclic) bond motifs is 2. The molecular weight excluding hydrogens is 352 g/mol. The lowest BCUT2D eigenvalue weighted by molar-refractivity contribution is -0.136. The Labute approximate surface area is 166 Å². The van der Waals surface area contributed by atoms with Crippen molar-refractivity contribution in [1.29, 1.82) is 0 Å². The smallest absolute Gasteiger partial charge is 0.339 e. The number of para-hydroxylation sites is 1. The number of hydrogen-bond acceptors (Lipinski definition) is 4. The van der Waals surface area contributed by atoms with Gasteiger partial charge < -0.3 is 9.64 Å². The predicted octanol–water partition coefficient (Wildman–Crippen LogP) is 3.92. The van der Waals surface area contributed by atoms with Gasteiger partial charge in [-0.05, 0) is 56.1 Å². The number of nitrogens with zero attached hydrogens (tertiary/aromatic N) is 2. The Morgan fingerprint density at radius 1 is 1.14 bits per heavy atom. The summed E-state index contributed by atoms with van der Waals surface area (Å²) in [5.41, 5.74) is 3.47. The lowest BCUT2D eigenvalue weighted by atomic mass is 9.97. The van der Waals surface area contributed by atoms with E-state index >= 15 is 0 Å². The number of likely N-dealkylation sites (tertiary alicyclic amines) is 1. The summed E-state index contributed by atoms with van der Waals surface area (Å²) >= 11 is 0. The summed E-state index contributed by atoms with van der Waals surface area (Å²) in [5, 5.41) is 0.826. The topological polar surface area (TPSA) is 59.5 Å². The first kappa shape index (κ1) is 18.9. The maximum Gasteiger partial charge on any atom is 0.339 e. The van der Waals surface area contributed by atoms with Crippen LogP contribution in [0.2, 0.25) is 0 Å². The van der Waals surface area contributed by atoms with Crippen LogP contribution in [0.15, 0.2) is 24.3 Å². The highest BCUT2D eigenvalue weighted by molar-refractivity contribution is 6.05. The maximum atomic E-state index is 13.1. The largest absolute Gasteiger partial charge is 0.452 e. The fraction of sp³-hybridized carbons (Fsp3) is 0.522. The Hall–Kier alpha value is -2.43. The summed E-state index contributed by atoms with van der Waals surface area (Å²) in [6.07, 6.45) is 7.20. The summed E-state index contributed by atoms with van der Waals surface area (Å²) in [4.78, 5) is 32.2. The standard InChI is InChI=1S/C23H28N2O3/c1-16-8-7-13-25(14-16)21(26)15-28-23(27)22-17-9-3-2-4-11-19(17)24-20-12-6-5-10-18(20)22/h5-6,10,12,16H,2-4,7-9,11,13-15H2,1H3. The van der Waals surface area contributed by atoms with E-state index in [1.807, 2.05) is 29.2 Å². The summed E-state index contributed by atoms with van der Waals surface area (Å²) in [5.74, 6) is 0.0211. The van der Waals surface area contributed by atoms with Gasteiger partial charge in [0.2, 0.25) is 0 Å². The third-order valence-electron chi connectivity index (χ3n) is 5.96. The van der Waals surface area contributed by atoms with Gasteiger partial charge in [-0.3, -0.25) is 9.78 Å². The Bertz CT molecular complexity index is 893. The molecule has 1 saturated heterocycles. The normalized spacial score (nSPS) is 19.8. The Morgan fingerprint density at radius 3 is 2.82 bits per heavy atom. The van der Waals surface area contributed by atoms with Gasteiger partial charge in [0.15, 0.2) is 6.61 Å². The molecule has 2 heterocycles. The molecule has 1 aliphatic carbocycles. The number of aryl methyl sites for hydroxylation is 1. The van der Waals surface area contributed by atoms with Crippen LogP contribution >= 0.6 is 0 Å². The molecule has 1 amide bonds. The zero-order chi connectivity index (χ0) is 19.5. The molecule has 5 heteroatoms. The molecule has 0 bridgehead atoms. The SMILES string of the molecule is CC1CCCN(C(=O)COC(=O)c2c3c(nc4ccccc24)CCCCC3)C1. The van der Waals surface area contributed by atoms with Gasteiger partial charge in [-0.1, -0.05) is 31.5 Å². The second kappa shape index (κ2) is 8.29. The van der Waals surface area contributed by atoms with Gasteiger partial charge in [-0.2, -0.15) is 0 Å². The number of esters is 1. The number of carbonyl (C=O) groups is 2. The van der Waals surface area contributed by atoms with Crippen molar-refractivity contribution in [2.75, 3.05) is 19.7 Å². The highest BCUT2D eigenvalue weighted by Crippen LogP contribution is 2.29. The Balaban J connectivity index is 1.58. The molecule has 2 aliphatic rings. The molecule has 0 radical (unpaired) electrons. The number of pyridine rings is 1. The van der Waals surface area contributed by atoms with Gasteiger partial charge in [0.05, 0.1) is 11.1 Å². The minimum Gasteiger partial charge on any atom is -0.452 e. The van der Waals surface area contributed by atoms with E-state index in [-0.39, 0.29) is 12.5 Å². The van der Waals surface area contributed by atoms with Crippen molar-refractivity contribution in [2.45, 2.75) is 51.9 Å². The van der Waals surface area contributed by atoms with Gasteiger partial charge in [0, 0.05) is 24.2 Å². The first-order chi connectivity index (χ1) is 13.6. The predicted molar refractivity (Wildman–Crippen MR) is 108 cm³/mol. The minimum absolute atomic E-state index is 0.0932. The fourth-order valence-electron chi connectivity index (χ4n) is 4.49. The van der Waals surface area contributed by atoms with Crippen LogP contribution in [-0.4, -0.2) is 41.5 Å². The summed E-state index contributed by atoms with van der Waals surface area (Å²) in [6, 6.07) is 7.73. The molecule has 5 nitrogen and oxygen atoms in total. The van der Waals surface area contributed by atoms with E-state index in [4.69, 9.17) is 9.72 Å². The van der Waals surface area contributed by atoms with Gasteiger partial charge in [-0.15, -0.1) is 0 Å². The quantitative estimate of drug-likeness (QED) is 0.598. The molecule has 1 aromatic heterocycles. The molecule has 1 aliphatic heterocycles. The van der Waals surface area contributed by atoms with E-state index in [1.165, 1.54) is 0 Å². The van der Waals surface area contributed by atoms with Crippen molar-refractivity contribution in [3.05, 3.63) is 41.1 Å². The number of hydrogen-bond donors (Lipinski definition) is 0. The molecule has 2 aromatic rings. The number of rotatable bonds is 3. The van der Waals surface area contributed by atoms with Crippen LogP contribution in [-0.2, 0) is 22.4 Å². The second-order valence-electron chi connectivity index (χ2n) is 8.15. The average molecular weight is 380 g/mol. The summed E-state index contributed by atoms with van der Waals surface area (Å²) in [6.45, 7) is 3.49. The minimum atomic E-state index is -0.393. The monoisotopic (exact) mass is 380 g/mol. The van der Waals surface area contributed by atoms with Crippen LogP contribution in [0.25, 0.3) is 10.9 Å². The first-order valence-electron chi connectivity index (χ1n) is 10.5. The van der Waals surface area contributed by atoms with E-state index in [1.54, 1.807) is 0 Å². The highest BCUT2D eigenvalue weighted by Gasteiger charge is 2.25. The lowest BCUT2D eigenvalue weighted by Gasteiger charge is -2.30. The van der Waals surface area contributed by atoms with Crippen molar-refractivity contribution >= 4 is 22.8 Å². The first-order valence-corrected chi connectivity index (χ1v) is 10.5. The fourth-order valence-corrected chi connectivity index (χ4v) is 4.49. The molecule has 148 valence electrons. The molecule has 1 atom stereocenters. The van der Waals surface area contributed by atoms with Crippen LogP contribution in [0.4, 0.5) is 0 Å². The van der Waals surface area contributed by atoms with E-state index in [2.05, 4.69) is 6.92 Å². The van der Waals surface area contributed by atoms with Crippen molar-refractivity contribution in [2.24, 2.45) is 5.92 Å². The maximum absolute atomic E-state index is 13.1. The molecule has 28 heavy (non-hydrogen) atoms. The van der Waals surface area contributed by atoms with Gasteiger partial charge in [-0.25, -0.2) is 4.79 Å². The zero-order valence-corrected chi connectivity index (χ0v) is 16.6. The van der Waals surface area contributed by atoms with Crippen molar-refractivity contribution in [3.63, 3.8) is 0 Å². The zero-order valence-electron chi connectivity index (χ0n) is 16.6. The van der Waals surface area contributed by atoms with Crippen LogP contribution in [0.3, 0.4) is 0 Å². The van der Waals surface area contributed by atoms with Gasteiger partial charge >= 0.3 is 5.97 Å². The lowest BCUT2D eigenvalue weighted by Crippen LogP contribution is -2.41. The third-order valence-corrected chi connectivity index (χ3v) is 5.96. The van der Waals surface area contributed by atoms with E-state index in [9.17, 15) is 9.59 Å². The molecular formula is C23H28N2O3. The van der Waals surface area contributed by atoms with Crippen LogP contribution in [0.1, 0.15) is 60.6 Å². The number of carbonyl (C=O) groups excluding carboxylic acids is 2. The highest BCUT2D eigenvalue weighted by atomic mass is 16.5. The number of amides is 1. The molecule has 0 spiro atoms. The average Bonchev–Trinajstić information content (AvgIpc) is 2.95. The Kier molecular flexibility index (Phi) is 5.60. The number of ether oxygens (including phenoxy) is 1. The van der Waals surface area contributed by atoms with E-state index in [0.29, 0.717) is 11.5 Å². The number of aromatic nitrogens is 1. The van der Waals surface area contributed by atoms with Crippen molar-refractivity contribution in [1.82, 2.24) is 9.88 Å². The summed E-state index contributed by atoms with van der Waals surface area (Å²) < 4.78 is 5.54. The summed E-state index contributed by atoms with van der Waals surface area (Å²) in [7, 11) is 0. The molecule has 0 N–H and O–H groups in total. The second-order valence-corrected chi connectivity index (χ2v) is 8.15. The molecule has 1 unspecified atom stereocenters. The molecule has 4 rings (SSSR count). The van der Waals surface area contributed by atoms with Crippen molar-refractivity contribution in [3.8, 4) is 0 Å². The third kappa shape index (κ3) is 3.89. The van der Waals surface area contributed by atoms with Gasteiger partial charge in [0.1, 0.15) is 0 Å². The van der Waals surface area contributed by atoms with Crippen molar-refractivity contribution < 1.29 is 14.3 Å². The van der Waals surface area contributed by atoms with Crippen LogP contribution < -0.4 is 0 Å². The van der Waals surface area contributed by atoms with E-state index in [0.717, 1.165) is 80.2 Å².